The zero-order valence-electron chi connectivity index (χ0n) is 12.3. The molecule has 6 heteroatoms. The van der Waals surface area contributed by atoms with Gasteiger partial charge in [-0.15, -0.1) is 0 Å². The molecule has 0 aromatic heterocycles. The smallest absolute Gasteiger partial charge is 0.251 e. The second-order valence-electron chi connectivity index (χ2n) is 4.92. The van der Waals surface area contributed by atoms with Gasteiger partial charge in [-0.25, -0.2) is 0 Å². The quantitative estimate of drug-likeness (QED) is 0.789. The predicted octanol–water partition coefficient (Wildman–Crippen LogP) is 1.10. The van der Waals surface area contributed by atoms with Crippen LogP contribution < -0.4 is 20.1 Å². The van der Waals surface area contributed by atoms with Crippen molar-refractivity contribution in [3.63, 3.8) is 0 Å². The minimum atomic E-state index is -0.241. The molecule has 1 fully saturated rings. The molecule has 0 heterocycles. The molecule has 6 nitrogen and oxygen atoms in total. The molecule has 2 N–H and O–H groups in total. The first-order valence-electron chi connectivity index (χ1n) is 6.93. The Morgan fingerprint density at radius 3 is 2.52 bits per heavy atom. The number of rotatable bonds is 7. The molecule has 1 aliphatic carbocycles. The van der Waals surface area contributed by atoms with E-state index < -0.39 is 0 Å². The summed E-state index contributed by atoms with van der Waals surface area (Å²) in [5, 5.41) is 5.59. The summed E-state index contributed by atoms with van der Waals surface area (Å²) in [4.78, 5) is 23.5. The summed E-state index contributed by atoms with van der Waals surface area (Å²) in [7, 11) is 3.05. The van der Waals surface area contributed by atoms with Crippen molar-refractivity contribution in [2.24, 2.45) is 0 Å². The Labute approximate surface area is 123 Å². The van der Waals surface area contributed by atoms with Gasteiger partial charge >= 0.3 is 0 Å². The number of benzene rings is 1. The van der Waals surface area contributed by atoms with Gasteiger partial charge in [0.25, 0.3) is 5.91 Å². The van der Waals surface area contributed by atoms with E-state index in [0.29, 0.717) is 29.6 Å². The lowest BCUT2D eigenvalue weighted by Gasteiger charge is -2.10. The van der Waals surface area contributed by atoms with Gasteiger partial charge in [0.1, 0.15) is 0 Å². The lowest BCUT2D eigenvalue weighted by molar-refractivity contribution is -0.121. The van der Waals surface area contributed by atoms with Crippen molar-refractivity contribution in [1.82, 2.24) is 10.6 Å². The third kappa shape index (κ3) is 4.37. The lowest BCUT2D eigenvalue weighted by atomic mass is 10.2. The molecule has 2 rings (SSSR count). The molecule has 2 amide bonds. The van der Waals surface area contributed by atoms with Crippen LogP contribution in [0.2, 0.25) is 0 Å². The van der Waals surface area contributed by atoms with Gasteiger partial charge in [0.15, 0.2) is 11.5 Å². The van der Waals surface area contributed by atoms with Gasteiger partial charge in [-0.2, -0.15) is 0 Å². The van der Waals surface area contributed by atoms with Crippen molar-refractivity contribution in [1.29, 1.82) is 0 Å². The molecule has 21 heavy (non-hydrogen) atoms. The molecule has 0 bridgehead atoms. The SMILES string of the molecule is COc1ccc(C(=O)NCCC(=O)NC2CC2)cc1OC. The van der Waals surface area contributed by atoms with Crippen LogP contribution in [0, 0.1) is 0 Å². The van der Waals surface area contributed by atoms with E-state index in [1.807, 2.05) is 0 Å². The van der Waals surface area contributed by atoms with Crippen molar-refractivity contribution in [3.8, 4) is 11.5 Å². The monoisotopic (exact) mass is 292 g/mol. The van der Waals surface area contributed by atoms with Crippen LogP contribution in [-0.2, 0) is 4.79 Å². The fraction of sp³-hybridized carbons (Fsp3) is 0.467. The van der Waals surface area contributed by atoms with Crippen LogP contribution in [0.5, 0.6) is 11.5 Å². The fourth-order valence-corrected chi connectivity index (χ4v) is 1.90. The molecule has 114 valence electrons. The third-order valence-corrected chi connectivity index (χ3v) is 3.23. The van der Waals surface area contributed by atoms with Gasteiger partial charge < -0.3 is 20.1 Å². The average molecular weight is 292 g/mol. The fourth-order valence-electron chi connectivity index (χ4n) is 1.90. The predicted molar refractivity (Wildman–Crippen MR) is 77.7 cm³/mol. The number of methoxy groups -OCH3 is 2. The van der Waals surface area contributed by atoms with Crippen molar-refractivity contribution in [3.05, 3.63) is 23.8 Å². The van der Waals surface area contributed by atoms with E-state index in [2.05, 4.69) is 10.6 Å². The van der Waals surface area contributed by atoms with Gasteiger partial charge in [-0.1, -0.05) is 0 Å². The molecule has 0 spiro atoms. The molecule has 0 saturated heterocycles. The van der Waals surface area contributed by atoms with Crippen LogP contribution in [0.15, 0.2) is 18.2 Å². The minimum absolute atomic E-state index is 0.0230. The molecule has 1 saturated carbocycles. The first kappa shape index (κ1) is 15.2. The van der Waals surface area contributed by atoms with Crippen LogP contribution >= 0.6 is 0 Å². The number of carbonyl (C=O) groups is 2. The molecular weight excluding hydrogens is 272 g/mol. The van der Waals surface area contributed by atoms with Gasteiger partial charge in [-0.05, 0) is 31.0 Å². The summed E-state index contributed by atoms with van der Waals surface area (Å²) in [6.45, 7) is 0.311. The van der Waals surface area contributed by atoms with E-state index >= 15 is 0 Å². The maximum atomic E-state index is 12.0. The van der Waals surface area contributed by atoms with E-state index in [4.69, 9.17) is 9.47 Å². The summed E-state index contributed by atoms with van der Waals surface area (Å²) in [5.74, 6) is 0.801. The summed E-state index contributed by atoms with van der Waals surface area (Å²) in [6.07, 6.45) is 2.41. The highest BCUT2D eigenvalue weighted by Crippen LogP contribution is 2.27. The van der Waals surface area contributed by atoms with Crippen molar-refractivity contribution < 1.29 is 19.1 Å². The first-order valence-corrected chi connectivity index (χ1v) is 6.93. The van der Waals surface area contributed by atoms with E-state index in [0.717, 1.165) is 12.8 Å². The van der Waals surface area contributed by atoms with Crippen molar-refractivity contribution in [2.75, 3.05) is 20.8 Å². The Morgan fingerprint density at radius 1 is 1.19 bits per heavy atom. The molecular formula is C15H20N2O4. The Kier molecular flexibility index (Phi) is 5.03. The van der Waals surface area contributed by atoms with Crippen LogP contribution in [0.4, 0.5) is 0 Å². The number of carbonyl (C=O) groups excluding carboxylic acids is 2. The normalized spacial score (nSPS) is 13.4. The summed E-state index contributed by atoms with van der Waals surface area (Å²) in [6, 6.07) is 5.28. The Morgan fingerprint density at radius 2 is 1.90 bits per heavy atom. The maximum Gasteiger partial charge on any atom is 0.251 e. The third-order valence-electron chi connectivity index (χ3n) is 3.23. The van der Waals surface area contributed by atoms with Crippen molar-refractivity contribution in [2.45, 2.75) is 25.3 Å². The van der Waals surface area contributed by atoms with E-state index in [1.165, 1.54) is 14.2 Å². The Hall–Kier alpha value is -2.24. The Bertz CT molecular complexity index is 526. The molecule has 0 atom stereocenters. The molecule has 1 aliphatic rings. The largest absolute Gasteiger partial charge is 0.493 e. The van der Waals surface area contributed by atoms with Crippen LogP contribution in [-0.4, -0.2) is 38.6 Å². The van der Waals surface area contributed by atoms with Crippen molar-refractivity contribution >= 4 is 11.8 Å². The van der Waals surface area contributed by atoms with Gasteiger partial charge in [0, 0.05) is 24.6 Å². The zero-order chi connectivity index (χ0) is 15.2. The van der Waals surface area contributed by atoms with Crippen LogP contribution in [0.3, 0.4) is 0 Å². The summed E-state index contributed by atoms with van der Waals surface area (Å²) >= 11 is 0. The maximum absolute atomic E-state index is 12.0. The number of amides is 2. The van der Waals surface area contributed by atoms with E-state index in [1.54, 1.807) is 18.2 Å². The number of ether oxygens (including phenoxy) is 2. The molecule has 1 aromatic rings. The first-order chi connectivity index (χ1) is 10.1. The highest BCUT2D eigenvalue weighted by Gasteiger charge is 2.22. The van der Waals surface area contributed by atoms with Crippen LogP contribution in [0.1, 0.15) is 29.6 Å². The molecule has 1 aromatic carbocycles. The molecule has 0 radical (unpaired) electrons. The van der Waals surface area contributed by atoms with Gasteiger partial charge in [0.2, 0.25) is 5.91 Å². The molecule has 0 aliphatic heterocycles. The minimum Gasteiger partial charge on any atom is -0.493 e. The number of nitrogens with one attached hydrogen (secondary N) is 2. The highest BCUT2D eigenvalue weighted by molar-refractivity contribution is 5.95. The second-order valence-corrected chi connectivity index (χ2v) is 4.92. The zero-order valence-corrected chi connectivity index (χ0v) is 12.3. The highest BCUT2D eigenvalue weighted by atomic mass is 16.5. The standard InChI is InChI=1S/C15H20N2O4/c1-20-12-6-3-10(9-13(12)21-2)15(19)16-8-7-14(18)17-11-4-5-11/h3,6,9,11H,4-5,7-8H2,1-2H3,(H,16,19)(H,17,18). The molecule has 0 unspecified atom stereocenters. The summed E-state index contributed by atoms with van der Waals surface area (Å²) in [5.41, 5.74) is 0.468. The number of hydrogen-bond donors (Lipinski definition) is 2. The van der Waals surface area contributed by atoms with E-state index in [9.17, 15) is 9.59 Å². The summed E-state index contributed by atoms with van der Waals surface area (Å²) < 4.78 is 10.3. The van der Waals surface area contributed by atoms with E-state index in [-0.39, 0.29) is 18.2 Å². The number of hydrogen-bond acceptors (Lipinski definition) is 4. The average Bonchev–Trinajstić information content (AvgIpc) is 3.30. The topological polar surface area (TPSA) is 76.7 Å². The Balaban J connectivity index is 1.83. The second kappa shape index (κ2) is 6.97. The van der Waals surface area contributed by atoms with Gasteiger partial charge in [-0.3, -0.25) is 9.59 Å². The lowest BCUT2D eigenvalue weighted by Crippen LogP contribution is -2.31. The van der Waals surface area contributed by atoms with Crippen LogP contribution in [0.25, 0.3) is 0 Å². The van der Waals surface area contributed by atoms with Gasteiger partial charge in [0.05, 0.1) is 14.2 Å².